The van der Waals surface area contributed by atoms with Gasteiger partial charge in [-0.15, -0.1) is 0 Å². The molecule has 0 amide bonds. The van der Waals surface area contributed by atoms with E-state index in [1.165, 1.54) is 12.1 Å². The van der Waals surface area contributed by atoms with Crippen LogP contribution in [0.15, 0.2) is 36.4 Å². The van der Waals surface area contributed by atoms with E-state index in [9.17, 15) is 4.79 Å². The Kier molecular flexibility index (Phi) is 3.98. The highest BCUT2D eigenvalue weighted by Gasteiger charge is 2.13. The van der Waals surface area contributed by atoms with Gasteiger partial charge in [0.1, 0.15) is 5.75 Å². The van der Waals surface area contributed by atoms with Gasteiger partial charge in [0.15, 0.2) is 5.78 Å². The SMILES string of the molecule is COc1cccc(C(=O)c2cc(Cl)c(N)c(Cl)c2)c1. The van der Waals surface area contributed by atoms with Crippen LogP contribution in [0.2, 0.25) is 10.0 Å². The van der Waals surface area contributed by atoms with Crippen molar-refractivity contribution in [1.29, 1.82) is 0 Å². The van der Waals surface area contributed by atoms with Crippen LogP contribution in [0.3, 0.4) is 0 Å². The van der Waals surface area contributed by atoms with Crippen molar-refractivity contribution in [2.75, 3.05) is 12.8 Å². The molecule has 98 valence electrons. The molecule has 2 N–H and O–H groups in total. The Morgan fingerprint density at radius 2 is 1.74 bits per heavy atom. The van der Waals surface area contributed by atoms with E-state index in [2.05, 4.69) is 0 Å². The highest BCUT2D eigenvalue weighted by atomic mass is 35.5. The van der Waals surface area contributed by atoms with E-state index in [1.807, 2.05) is 0 Å². The van der Waals surface area contributed by atoms with Crippen molar-refractivity contribution in [3.63, 3.8) is 0 Å². The molecule has 0 aliphatic carbocycles. The van der Waals surface area contributed by atoms with Gasteiger partial charge in [-0.3, -0.25) is 4.79 Å². The molecule has 0 fully saturated rings. The van der Waals surface area contributed by atoms with Crippen LogP contribution in [-0.2, 0) is 0 Å². The Bertz CT molecular complexity index is 618. The van der Waals surface area contributed by atoms with Gasteiger partial charge < -0.3 is 10.5 Å². The molecule has 0 aliphatic rings. The van der Waals surface area contributed by atoms with Gasteiger partial charge in [0.05, 0.1) is 22.8 Å². The van der Waals surface area contributed by atoms with Crippen molar-refractivity contribution >= 4 is 34.7 Å². The monoisotopic (exact) mass is 295 g/mol. The van der Waals surface area contributed by atoms with E-state index in [1.54, 1.807) is 31.4 Å². The number of carbonyl (C=O) groups is 1. The summed E-state index contributed by atoms with van der Waals surface area (Å²) in [6, 6.07) is 9.87. The van der Waals surface area contributed by atoms with E-state index < -0.39 is 0 Å². The van der Waals surface area contributed by atoms with Crippen molar-refractivity contribution in [1.82, 2.24) is 0 Å². The quantitative estimate of drug-likeness (QED) is 0.692. The average molecular weight is 296 g/mol. The summed E-state index contributed by atoms with van der Waals surface area (Å²) in [5, 5.41) is 0.525. The Morgan fingerprint density at radius 1 is 1.11 bits per heavy atom. The summed E-state index contributed by atoms with van der Waals surface area (Å²) >= 11 is 11.8. The molecular weight excluding hydrogens is 285 g/mol. The van der Waals surface area contributed by atoms with Gasteiger partial charge >= 0.3 is 0 Å². The van der Waals surface area contributed by atoms with Crippen LogP contribution in [-0.4, -0.2) is 12.9 Å². The number of anilines is 1. The second-order valence-electron chi connectivity index (χ2n) is 3.91. The number of methoxy groups -OCH3 is 1. The molecule has 0 bridgehead atoms. The maximum Gasteiger partial charge on any atom is 0.193 e. The highest BCUT2D eigenvalue weighted by molar-refractivity contribution is 6.39. The Labute approximate surface area is 120 Å². The minimum atomic E-state index is -0.192. The fraction of sp³-hybridized carbons (Fsp3) is 0.0714. The van der Waals surface area contributed by atoms with Crippen LogP contribution < -0.4 is 10.5 Å². The van der Waals surface area contributed by atoms with Crippen molar-refractivity contribution in [2.45, 2.75) is 0 Å². The van der Waals surface area contributed by atoms with E-state index in [4.69, 9.17) is 33.7 Å². The van der Waals surface area contributed by atoms with E-state index in [0.717, 1.165) is 0 Å². The number of carbonyl (C=O) groups excluding carboxylic acids is 1. The smallest absolute Gasteiger partial charge is 0.193 e. The third-order valence-corrected chi connectivity index (χ3v) is 3.30. The van der Waals surface area contributed by atoms with E-state index >= 15 is 0 Å². The highest BCUT2D eigenvalue weighted by Crippen LogP contribution is 2.30. The molecule has 2 aromatic carbocycles. The molecule has 0 heterocycles. The minimum absolute atomic E-state index is 0.192. The maximum absolute atomic E-state index is 12.3. The molecule has 0 atom stereocenters. The van der Waals surface area contributed by atoms with Crippen LogP contribution in [0, 0.1) is 0 Å². The van der Waals surface area contributed by atoms with E-state index in [0.29, 0.717) is 16.9 Å². The first-order chi connectivity index (χ1) is 9.02. The predicted molar refractivity (Wildman–Crippen MR) is 77.3 cm³/mol. The van der Waals surface area contributed by atoms with Crippen molar-refractivity contribution in [3.05, 3.63) is 57.6 Å². The molecule has 0 saturated heterocycles. The first-order valence-corrected chi connectivity index (χ1v) is 6.22. The molecule has 0 spiro atoms. The topological polar surface area (TPSA) is 52.3 Å². The first kappa shape index (κ1) is 13.7. The molecule has 0 aliphatic heterocycles. The Morgan fingerprint density at radius 3 is 2.32 bits per heavy atom. The van der Waals surface area contributed by atoms with Crippen LogP contribution in [0.5, 0.6) is 5.75 Å². The van der Waals surface area contributed by atoms with Gasteiger partial charge in [-0.05, 0) is 24.3 Å². The molecule has 0 unspecified atom stereocenters. The summed E-state index contributed by atoms with van der Waals surface area (Å²) in [6.07, 6.45) is 0. The second-order valence-corrected chi connectivity index (χ2v) is 4.73. The molecule has 0 aromatic heterocycles. The van der Waals surface area contributed by atoms with Gasteiger partial charge in [0.2, 0.25) is 0 Å². The summed E-state index contributed by atoms with van der Waals surface area (Å²) in [7, 11) is 1.54. The molecular formula is C14H11Cl2NO2. The first-order valence-electron chi connectivity index (χ1n) is 5.46. The van der Waals surface area contributed by atoms with Gasteiger partial charge in [0.25, 0.3) is 0 Å². The molecule has 0 radical (unpaired) electrons. The normalized spacial score (nSPS) is 10.3. The number of ketones is 1. The minimum Gasteiger partial charge on any atom is -0.497 e. The average Bonchev–Trinajstić information content (AvgIpc) is 2.43. The van der Waals surface area contributed by atoms with E-state index in [-0.39, 0.29) is 21.5 Å². The number of ether oxygens (including phenoxy) is 1. The summed E-state index contributed by atoms with van der Waals surface area (Å²) in [4.78, 5) is 12.3. The summed E-state index contributed by atoms with van der Waals surface area (Å²) < 4.78 is 5.08. The number of nitrogens with two attached hydrogens (primary N) is 1. The molecule has 19 heavy (non-hydrogen) atoms. The zero-order valence-corrected chi connectivity index (χ0v) is 11.6. The van der Waals surface area contributed by atoms with Gasteiger partial charge in [-0.2, -0.15) is 0 Å². The third-order valence-electron chi connectivity index (χ3n) is 2.67. The largest absolute Gasteiger partial charge is 0.497 e. The second kappa shape index (κ2) is 5.51. The summed E-state index contributed by atoms with van der Waals surface area (Å²) in [6.45, 7) is 0. The fourth-order valence-corrected chi connectivity index (χ4v) is 2.13. The number of benzene rings is 2. The van der Waals surface area contributed by atoms with Crippen LogP contribution in [0.1, 0.15) is 15.9 Å². The number of hydrogen-bond acceptors (Lipinski definition) is 3. The van der Waals surface area contributed by atoms with Crippen molar-refractivity contribution in [2.24, 2.45) is 0 Å². The van der Waals surface area contributed by atoms with Gasteiger partial charge in [-0.25, -0.2) is 0 Å². The Balaban J connectivity index is 2.44. The lowest BCUT2D eigenvalue weighted by molar-refractivity contribution is 0.103. The maximum atomic E-state index is 12.3. The number of nitrogen functional groups attached to an aromatic ring is 1. The van der Waals surface area contributed by atoms with Crippen molar-refractivity contribution in [3.8, 4) is 5.75 Å². The molecule has 0 saturated carbocycles. The lowest BCUT2D eigenvalue weighted by atomic mass is 10.0. The number of rotatable bonds is 3. The van der Waals surface area contributed by atoms with Gasteiger partial charge in [0, 0.05) is 11.1 Å². The number of hydrogen-bond donors (Lipinski definition) is 1. The van der Waals surface area contributed by atoms with Crippen molar-refractivity contribution < 1.29 is 9.53 Å². The zero-order chi connectivity index (χ0) is 14.0. The molecule has 5 heteroatoms. The van der Waals surface area contributed by atoms with Crippen LogP contribution >= 0.6 is 23.2 Å². The lowest BCUT2D eigenvalue weighted by Gasteiger charge is -2.07. The van der Waals surface area contributed by atoms with Crippen LogP contribution in [0.25, 0.3) is 0 Å². The predicted octanol–water partition coefficient (Wildman–Crippen LogP) is 3.82. The fourth-order valence-electron chi connectivity index (χ4n) is 1.65. The molecule has 3 nitrogen and oxygen atoms in total. The third kappa shape index (κ3) is 2.83. The molecule has 2 rings (SSSR count). The van der Waals surface area contributed by atoms with Crippen LogP contribution in [0.4, 0.5) is 5.69 Å². The Hall–Kier alpha value is -1.71. The number of halogens is 2. The lowest BCUT2D eigenvalue weighted by Crippen LogP contribution is -2.03. The van der Waals surface area contributed by atoms with Gasteiger partial charge in [-0.1, -0.05) is 35.3 Å². The summed E-state index contributed by atoms with van der Waals surface area (Å²) in [5.41, 5.74) is 6.79. The molecule has 2 aromatic rings. The zero-order valence-electron chi connectivity index (χ0n) is 10.1. The standard InChI is InChI=1S/C14H11Cl2NO2/c1-19-10-4-2-3-8(5-10)14(18)9-6-11(15)13(17)12(16)7-9/h2-7H,17H2,1H3. The summed E-state index contributed by atoms with van der Waals surface area (Å²) in [5.74, 6) is 0.418.